The minimum atomic E-state index is -0.675. The molecule has 0 atom stereocenters. The lowest BCUT2D eigenvalue weighted by Gasteiger charge is -2.26. The summed E-state index contributed by atoms with van der Waals surface area (Å²) in [6.45, 7) is 25.3. The quantitative estimate of drug-likeness (QED) is 0.255. The van der Waals surface area contributed by atoms with Crippen molar-refractivity contribution in [3.8, 4) is 17.2 Å². The van der Waals surface area contributed by atoms with Gasteiger partial charge in [-0.25, -0.2) is 9.59 Å². The van der Waals surface area contributed by atoms with E-state index in [1.807, 2.05) is 24.3 Å². The van der Waals surface area contributed by atoms with Crippen LogP contribution in [0.1, 0.15) is 126 Å². The molecule has 3 aromatic rings. The maximum Gasteiger partial charge on any atom is 0.343 e. The Labute approximate surface area is 245 Å². The first-order chi connectivity index (χ1) is 18.5. The number of esters is 2. The Morgan fingerprint density at radius 2 is 0.732 bits per heavy atom. The maximum atomic E-state index is 13.2. The van der Waals surface area contributed by atoms with E-state index < -0.39 is 11.9 Å². The Balaban J connectivity index is 1.94. The highest BCUT2D eigenvalue weighted by atomic mass is 16.5. The lowest BCUT2D eigenvalue weighted by molar-refractivity contribution is 0.0733. The van der Waals surface area contributed by atoms with Gasteiger partial charge in [-0.2, -0.15) is 0 Å². The van der Waals surface area contributed by atoms with E-state index in [-0.39, 0.29) is 38.5 Å². The van der Waals surface area contributed by atoms with E-state index in [2.05, 4.69) is 95.2 Å². The third-order valence-corrected chi connectivity index (χ3v) is 7.09. The van der Waals surface area contributed by atoms with Crippen molar-refractivity contribution >= 4 is 11.9 Å². The van der Waals surface area contributed by atoms with E-state index in [1.165, 1.54) is 18.2 Å². The molecule has 0 saturated carbocycles. The zero-order valence-electron chi connectivity index (χ0n) is 26.8. The van der Waals surface area contributed by atoms with Crippen LogP contribution in [-0.2, 0) is 21.7 Å². The molecule has 0 aliphatic rings. The predicted molar refractivity (Wildman–Crippen MR) is 166 cm³/mol. The summed E-state index contributed by atoms with van der Waals surface area (Å²) in [4.78, 5) is 26.5. The molecule has 3 rings (SSSR count). The Kier molecular flexibility index (Phi) is 8.56. The number of benzene rings is 3. The predicted octanol–water partition coefficient (Wildman–Crippen LogP) is 9.02. The normalized spacial score (nSPS) is 12.7. The smallest absolute Gasteiger partial charge is 0.343 e. The molecule has 5 nitrogen and oxygen atoms in total. The number of carbonyl (C=O) groups is 2. The Morgan fingerprint density at radius 3 is 0.976 bits per heavy atom. The first kappa shape index (κ1) is 31.9. The van der Waals surface area contributed by atoms with Crippen LogP contribution in [-0.4, -0.2) is 17.0 Å². The van der Waals surface area contributed by atoms with Crippen LogP contribution in [0.3, 0.4) is 0 Å². The van der Waals surface area contributed by atoms with Crippen molar-refractivity contribution < 1.29 is 24.2 Å². The molecule has 0 saturated heterocycles. The molecule has 3 aromatic carbocycles. The third kappa shape index (κ3) is 8.22. The summed E-state index contributed by atoms with van der Waals surface area (Å²) >= 11 is 0. The molecule has 0 bridgehead atoms. The highest BCUT2D eigenvalue weighted by Crippen LogP contribution is 2.35. The second-order valence-corrected chi connectivity index (χ2v) is 15.0. The van der Waals surface area contributed by atoms with E-state index in [0.29, 0.717) is 11.5 Å². The maximum absolute atomic E-state index is 13.2. The van der Waals surface area contributed by atoms with Crippen LogP contribution in [0.15, 0.2) is 54.6 Å². The lowest BCUT2D eigenvalue weighted by Crippen LogP contribution is -2.18. The van der Waals surface area contributed by atoms with Crippen molar-refractivity contribution in [1.29, 1.82) is 0 Å². The number of hydrogen-bond donors (Lipinski definition) is 1. The lowest BCUT2D eigenvalue weighted by atomic mass is 9.80. The van der Waals surface area contributed by atoms with Gasteiger partial charge in [-0.1, -0.05) is 95.2 Å². The van der Waals surface area contributed by atoms with Gasteiger partial charge in [0.25, 0.3) is 0 Å². The first-order valence-corrected chi connectivity index (χ1v) is 14.1. The van der Waals surface area contributed by atoms with Crippen molar-refractivity contribution in [2.24, 2.45) is 0 Å². The molecule has 0 spiro atoms. The van der Waals surface area contributed by atoms with E-state index in [0.717, 1.165) is 22.3 Å². The molecule has 0 aromatic heterocycles. The second kappa shape index (κ2) is 11.0. The van der Waals surface area contributed by atoms with Crippen LogP contribution < -0.4 is 9.47 Å². The van der Waals surface area contributed by atoms with Crippen molar-refractivity contribution in [3.05, 3.63) is 88.0 Å². The Morgan fingerprint density at radius 1 is 0.463 bits per heavy atom. The average Bonchev–Trinajstić information content (AvgIpc) is 2.81. The fourth-order valence-corrected chi connectivity index (χ4v) is 4.23. The minimum absolute atomic E-state index is 0.0502. The molecule has 41 heavy (non-hydrogen) atoms. The van der Waals surface area contributed by atoms with Gasteiger partial charge < -0.3 is 14.6 Å². The summed E-state index contributed by atoms with van der Waals surface area (Å²) in [5.74, 6) is -0.762. The number of phenolic OH excluding ortho intramolecular Hbond substituents is 1. The topological polar surface area (TPSA) is 72.8 Å². The highest BCUT2D eigenvalue weighted by molar-refractivity contribution is 5.97. The Bertz CT molecular complexity index is 1280. The molecule has 0 heterocycles. The van der Waals surface area contributed by atoms with Gasteiger partial charge in [0.2, 0.25) is 0 Å². The van der Waals surface area contributed by atoms with Gasteiger partial charge in [0, 0.05) is 0 Å². The molecule has 0 fully saturated rings. The highest BCUT2D eigenvalue weighted by Gasteiger charge is 2.24. The molecule has 1 N–H and O–H groups in total. The Hall–Kier alpha value is -3.60. The van der Waals surface area contributed by atoms with Crippen molar-refractivity contribution in [3.63, 3.8) is 0 Å². The third-order valence-electron chi connectivity index (χ3n) is 7.09. The van der Waals surface area contributed by atoms with Crippen LogP contribution in [0, 0.1) is 0 Å². The van der Waals surface area contributed by atoms with Crippen LogP contribution in [0.25, 0.3) is 0 Å². The number of carbonyl (C=O) groups excluding carboxylic acids is 2. The summed E-state index contributed by atoms with van der Waals surface area (Å²) in [5.41, 5.74) is 3.66. The minimum Gasteiger partial charge on any atom is -0.508 e. The number of hydrogen-bond acceptors (Lipinski definition) is 5. The molecule has 0 amide bonds. The number of rotatable bonds is 4. The summed E-state index contributed by atoms with van der Waals surface area (Å²) in [7, 11) is 0. The van der Waals surface area contributed by atoms with Crippen LogP contribution in [0.2, 0.25) is 0 Å². The molecule has 0 radical (unpaired) electrons. The molecule has 5 heteroatoms. The van der Waals surface area contributed by atoms with Gasteiger partial charge in [-0.05, 0) is 86.4 Å². The molecule has 220 valence electrons. The molecular weight excluding hydrogens is 512 g/mol. The monoisotopic (exact) mass is 558 g/mol. The van der Waals surface area contributed by atoms with Gasteiger partial charge in [0.05, 0.1) is 11.1 Å². The second-order valence-electron chi connectivity index (χ2n) is 15.0. The van der Waals surface area contributed by atoms with E-state index in [1.54, 1.807) is 0 Å². The van der Waals surface area contributed by atoms with Crippen molar-refractivity contribution in [2.45, 2.75) is 105 Å². The first-order valence-electron chi connectivity index (χ1n) is 14.1. The van der Waals surface area contributed by atoms with Crippen molar-refractivity contribution in [2.75, 3.05) is 0 Å². The fraction of sp³-hybridized carbons (Fsp3) is 0.444. The zero-order valence-corrected chi connectivity index (χ0v) is 26.8. The molecule has 0 aliphatic heterocycles. The SMILES string of the molecule is CC(C)(C)c1cc(OC(=O)c2cc(O)cc(C(=O)Oc3cc(C(C)(C)C)cc(C(C)(C)C)c3)c2)cc(C(C)(C)C)c1. The summed E-state index contributed by atoms with van der Waals surface area (Å²) in [5, 5.41) is 10.4. The van der Waals surface area contributed by atoms with Gasteiger partial charge in [0.1, 0.15) is 17.2 Å². The van der Waals surface area contributed by atoms with E-state index >= 15 is 0 Å². The van der Waals surface area contributed by atoms with Gasteiger partial charge in [-0.3, -0.25) is 0 Å². The summed E-state index contributed by atoms with van der Waals surface area (Å²) < 4.78 is 11.6. The summed E-state index contributed by atoms with van der Waals surface area (Å²) in [6.07, 6.45) is 0. The van der Waals surface area contributed by atoms with Crippen LogP contribution in [0.4, 0.5) is 0 Å². The standard InChI is InChI=1S/C36H46O5/c1-33(2,3)24-16-25(34(4,5)6)19-29(18-24)40-31(38)22-13-23(15-28(37)14-22)32(39)41-30-20-26(35(7,8)9)17-27(21-30)36(10,11)12/h13-21,37H,1-12H3. The van der Waals surface area contributed by atoms with Crippen LogP contribution in [0.5, 0.6) is 17.2 Å². The molecular formula is C36H46O5. The molecule has 0 unspecified atom stereocenters. The van der Waals surface area contributed by atoms with E-state index in [9.17, 15) is 14.7 Å². The van der Waals surface area contributed by atoms with Crippen molar-refractivity contribution in [1.82, 2.24) is 0 Å². The zero-order chi connectivity index (χ0) is 31.1. The summed E-state index contributed by atoms with van der Waals surface area (Å²) in [6, 6.07) is 15.7. The van der Waals surface area contributed by atoms with Crippen LogP contribution >= 0.6 is 0 Å². The largest absolute Gasteiger partial charge is 0.508 e. The number of phenols is 1. The van der Waals surface area contributed by atoms with E-state index in [4.69, 9.17) is 9.47 Å². The molecule has 0 aliphatic carbocycles. The average molecular weight is 559 g/mol. The van der Waals surface area contributed by atoms with Gasteiger partial charge >= 0.3 is 11.9 Å². The van der Waals surface area contributed by atoms with Gasteiger partial charge in [0.15, 0.2) is 0 Å². The van der Waals surface area contributed by atoms with Gasteiger partial charge in [-0.15, -0.1) is 0 Å². The number of aromatic hydroxyl groups is 1. The fourth-order valence-electron chi connectivity index (χ4n) is 4.23. The number of ether oxygens (including phenoxy) is 2.